The molecular formula is C14H18N4O2. The van der Waals surface area contributed by atoms with Crippen molar-refractivity contribution < 1.29 is 9.53 Å². The van der Waals surface area contributed by atoms with Crippen molar-refractivity contribution in [2.75, 3.05) is 12.4 Å². The zero-order valence-electron chi connectivity index (χ0n) is 11.5. The number of carbonyl (C=O) groups excluding carboxylic acids is 1. The van der Waals surface area contributed by atoms with Crippen LogP contribution in [-0.4, -0.2) is 22.8 Å². The summed E-state index contributed by atoms with van der Waals surface area (Å²) in [6.45, 7) is 2.72. The Bertz CT molecular complexity index is 594. The van der Waals surface area contributed by atoms with E-state index in [4.69, 9.17) is 10.5 Å². The predicted molar refractivity (Wildman–Crippen MR) is 76.5 cm³/mol. The van der Waals surface area contributed by atoms with Gasteiger partial charge in [0, 0.05) is 30.1 Å². The maximum atomic E-state index is 11.6. The van der Waals surface area contributed by atoms with Gasteiger partial charge in [0.15, 0.2) is 0 Å². The molecule has 0 spiro atoms. The molecule has 3 N–H and O–H groups in total. The first-order chi connectivity index (χ1) is 9.63. The van der Waals surface area contributed by atoms with Gasteiger partial charge in [-0.2, -0.15) is 5.10 Å². The van der Waals surface area contributed by atoms with Gasteiger partial charge in [-0.15, -0.1) is 0 Å². The highest BCUT2D eigenvalue weighted by Gasteiger charge is 2.19. The molecule has 1 amide bonds. The Morgan fingerprint density at radius 3 is 2.95 bits per heavy atom. The number of anilines is 1. The smallest absolute Gasteiger partial charge is 0.244 e. The summed E-state index contributed by atoms with van der Waals surface area (Å²) in [6.07, 6.45) is 3.45. The van der Waals surface area contributed by atoms with E-state index in [9.17, 15) is 4.79 Å². The molecule has 6 nitrogen and oxygen atoms in total. The molecule has 2 rings (SSSR count). The number of aryl methyl sites for hydroxylation is 1. The second kappa shape index (κ2) is 6.10. The normalized spacial score (nSPS) is 11.9. The largest absolute Gasteiger partial charge is 0.497 e. The number of nitrogens with one attached hydrogen (secondary N) is 1. The van der Waals surface area contributed by atoms with Gasteiger partial charge in [0.05, 0.1) is 13.3 Å². The van der Waals surface area contributed by atoms with Gasteiger partial charge in [0.1, 0.15) is 11.8 Å². The molecule has 0 fully saturated rings. The molecule has 1 unspecified atom stereocenters. The predicted octanol–water partition coefficient (Wildman–Crippen LogP) is 1.55. The van der Waals surface area contributed by atoms with E-state index < -0.39 is 11.9 Å². The topological polar surface area (TPSA) is 82.2 Å². The average Bonchev–Trinajstić information content (AvgIpc) is 2.93. The number of amides is 1. The Morgan fingerprint density at radius 1 is 1.55 bits per heavy atom. The third-order valence-electron chi connectivity index (χ3n) is 2.98. The summed E-state index contributed by atoms with van der Waals surface area (Å²) >= 11 is 0. The minimum Gasteiger partial charge on any atom is -0.497 e. The Morgan fingerprint density at radius 2 is 2.35 bits per heavy atom. The lowest BCUT2D eigenvalue weighted by molar-refractivity contribution is -0.118. The Hall–Kier alpha value is -2.50. The summed E-state index contributed by atoms with van der Waals surface area (Å²) in [5, 5.41) is 7.26. The number of ether oxygens (including phenoxy) is 1. The maximum Gasteiger partial charge on any atom is 0.244 e. The number of nitrogens with zero attached hydrogens (tertiary/aromatic N) is 2. The molecule has 0 radical (unpaired) electrons. The third-order valence-corrected chi connectivity index (χ3v) is 2.98. The molecule has 106 valence electrons. The van der Waals surface area contributed by atoms with Crippen molar-refractivity contribution in [1.29, 1.82) is 0 Å². The highest BCUT2D eigenvalue weighted by atomic mass is 16.5. The molecule has 0 bridgehead atoms. The molecule has 0 saturated carbocycles. The number of nitrogens with two attached hydrogens (primary N) is 1. The van der Waals surface area contributed by atoms with E-state index in [1.54, 1.807) is 24.1 Å². The van der Waals surface area contributed by atoms with Crippen molar-refractivity contribution in [3.63, 3.8) is 0 Å². The van der Waals surface area contributed by atoms with Gasteiger partial charge in [0.2, 0.25) is 5.91 Å². The second-order valence-electron chi connectivity index (χ2n) is 4.34. The minimum absolute atomic E-state index is 0.455. The van der Waals surface area contributed by atoms with Crippen molar-refractivity contribution >= 4 is 11.6 Å². The second-order valence-corrected chi connectivity index (χ2v) is 4.34. The zero-order valence-corrected chi connectivity index (χ0v) is 11.5. The summed E-state index contributed by atoms with van der Waals surface area (Å²) < 4.78 is 6.90. The maximum absolute atomic E-state index is 11.6. The van der Waals surface area contributed by atoms with E-state index in [2.05, 4.69) is 10.4 Å². The van der Waals surface area contributed by atoms with E-state index in [0.29, 0.717) is 5.75 Å². The number of benzene rings is 1. The van der Waals surface area contributed by atoms with E-state index in [1.165, 1.54) is 0 Å². The molecule has 0 aliphatic carbocycles. The molecular weight excluding hydrogens is 256 g/mol. The van der Waals surface area contributed by atoms with Crippen molar-refractivity contribution in [2.24, 2.45) is 5.73 Å². The van der Waals surface area contributed by atoms with Crippen molar-refractivity contribution in [3.8, 4) is 5.75 Å². The first-order valence-electron chi connectivity index (χ1n) is 6.36. The van der Waals surface area contributed by atoms with Crippen LogP contribution in [0.4, 0.5) is 5.69 Å². The summed E-state index contributed by atoms with van der Waals surface area (Å²) in [6, 6.07) is 6.71. The number of aromatic nitrogens is 2. The molecule has 0 saturated heterocycles. The van der Waals surface area contributed by atoms with Crippen LogP contribution < -0.4 is 15.8 Å². The fourth-order valence-corrected chi connectivity index (χ4v) is 1.90. The van der Waals surface area contributed by atoms with Gasteiger partial charge >= 0.3 is 0 Å². The van der Waals surface area contributed by atoms with Crippen LogP contribution in [-0.2, 0) is 11.3 Å². The number of primary amides is 1. The average molecular weight is 274 g/mol. The van der Waals surface area contributed by atoms with Crippen LogP contribution >= 0.6 is 0 Å². The zero-order chi connectivity index (χ0) is 14.5. The first-order valence-corrected chi connectivity index (χ1v) is 6.36. The fraction of sp³-hybridized carbons (Fsp3) is 0.286. The minimum atomic E-state index is -0.623. The summed E-state index contributed by atoms with van der Waals surface area (Å²) in [4.78, 5) is 11.6. The quantitative estimate of drug-likeness (QED) is 0.837. The Labute approximate surface area is 117 Å². The van der Waals surface area contributed by atoms with Crippen molar-refractivity contribution in [1.82, 2.24) is 9.78 Å². The van der Waals surface area contributed by atoms with E-state index >= 15 is 0 Å². The summed E-state index contributed by atoms with van der Waals surface area (Å²) in [5.41, 5.74) is 6.97. The summed E-state index contributed by atoms with van der Waals surface area (Å²) in [5.74, 6) is 0.256. The molecule has 2 aromatic rings. The third kappa shape index (κ3) is 3.09. The lowest BCUT2D eigenvalue weighted by atomic mass is 10.1. The number of rotatable bonds is 6. The van der Waals surface area contributed by atoms with E-state index in [1.807, 2.05) is 31.3 Å². The van der Waals surface area contributed by atoms with Crippen molar-refractivity contribution in [3.05, 3.63) is 42.2 Å². The number of carbonyl (C=O) groups is 1. The lowest BCUT2D eigenvalue weighted by Gasteiger charge is -2.15. The van der Waals surface area contributed by atoms with Crippen LogP contribution in [0.25, 0.3) is 0 Å². The first kappa shape index (κ1) is 13.9. The lowest BCUT2D eigenvalue weighted by Crippen LogP contribution is -2.27. The SMILES string of the molecule is CCn1cc(C(Nc2cccc(OC)c2)C(N)=O)cn1. The molecule has 0 aliphatic rings. The number of hydrogen-bond acceptors (Lipinski definition) is 4. The van der Waals surface area contributed by atoms with Crippen LogP contribution in [0.1, 0.15) is 18.5 Å². The van der Waals surface area contributed by atoms with Gasteiger partial charge in [-0.25, -0.2) is 0 Å². The molecule has 1 heterocycles. The number of hydrogen-bond donors (Lipinski definition) is 2. The van der Waals surface area contributed by atoms with Crippen LogP contribution in [0.5, 0.6) is 5.75 Å². The highest BCUT2D eigenvalue weighted by molar-refractivity contribution is 5.84. The van der Waals surface area contributed by atoms with Crippen molar-refractivity contribution in [2.45, 2.75) is 19.5 Å². The fourth-order valence-electron chi connectivity index (χ4n) is 1.90. The Kier molecular flexibility index (Phi) is 4.24. The monoisotopic (exact) mass is 274 g/mol. The van der Waals surface area contributed by atoms with Crippen LogP contribution in [0.2, 0.25) is 0 Å². The standard InChI is InChI=1S/C14H18N4O2/c1-3-18-9-10(8-16-18)13(14(15)19)17-11-5-4-6-12(7-11)20-2/h4-9,13,17H,3H2,1-2H3,(H2,15,19). The molecule has 6 heteroatoms. The van der Waals surface area contributed by atoms with Gasteiger partial charge in [-0.05, 0) is 19.1 Å². The van der Waals surface area contributed by atoms with Crippen LogP contribution in [0, 0.1) is 0 Å². The molecule has 0 aliphatic heterocycles. The van der Waals surface area contributed by atoms with Gasteiger partial charge in [0.25, 0.3) is 0 Å². The summed E-state index contributed by atoms with van der Waals surface area (Å²) in [7, 11) is 1.59. The van der Waals surface area contributed by atoms with Gasteiger partial charge in [-0.3, -0.25) is 9.48 Å². The van der Waals surface area contributed by atoms with E-state index in [-0.39, 0.29) is 0 Å². The Balaban J connectivity index is 2.23. The molecule has 1 aromatic carbocycles. The highest BCUT2D eigenvalue weighted by Crippen LogP contribution is 2.22. The molecule has 20 heavy (non-hydrogen) atoms. The van der Waals surface area contributed by atoms with Crippen LogP contribution in [0.3, 0.4) is 0 Å². The van der Waals surface area contributed by atoms with Gasteiger partial charge in [-0.1, -0.05) is 6.07 Å². The molecule has 1 atom stereocenters. The van der Waals surface area contributed by atoms with Crippen LogP contribution in [0.15, 0.2) is 36.7 Å². The van der Waals surface area contributed by atoms with Gasteiger partial charge < -0.3 is 15.8 Å². The molecule has 1 aromatic heterocycles. The van der Waals surface area contributed by atoms with E-state index in [0.717, 1.165) is 17.8 Å². The number of methoxy groups -OCH3 is 1.